The molecule has 1 aliphatic heterocycles. The van der Waals surface area contributed by atoms with Crippen LogP contribution in [-0.2, 0) is 9.47 Å². The molecule has 6 N–H and O–H groups in total. The van der Waals surface area contributed by atoms with E-state index in [0.717, 1.165) is 18.4 Å². The van der Waals surface area contributed by atoms with E-state index in [0.29, 0.717) is 6.42 Å². The topological polar surface area (TPSA) is 140 Å². The molecule has 2 fully saturated rings. The smallest absolute Gasteiger partial charge is 0.187 e. The van der Waals surface area contributed by atoms with Gasteiger partial charge in [-0.15, -0.1) is 0 Å². The molecule has 0 aromatic carbocycles. The van der Waals surface area contributed by atoms with Crippen molar-refractivity contribution in [1.82, 2.24) is 0 Å². The Balaban J connectivity index is 2.37. The van der Waals surface area contributed by atoms with Gasteiger partial charge in [0.05, 0.1) is 13.2 Å². The van der Waals surface area contributed by atoms with E-state index in [1.807, 2.05) is 20.8 Å². The van der Waals surface area contributed by atoms with Crippen LogP contribution >= 0.6 is 0 Å². The normalized spacial score (nSPS) is 43.7. The zero-order valence-corrected chi connectivity index (χ0v) is 17.7. The van der Waals surface area contributed by atoms with Crippen LogP contribution in [0.25, 0.3) is 0 Å². The lowest BCUT2D eigenvalue weighted by Crippen LogP contribution is -2.67. The van der Waals surface area contributed by atoms with Crippen molar-refractivity contribution in [3.63, 3.8) is 0 Å². The Bertz CT molecular complexity index is 616. The van der Waals surface area contributed by atoms with Gasteiger partial charge < -0.3 is 40.1 Å². The van der Waals surface area contributed by atoms with Crippen LogP contribution in [0.1, 0.15) is 47.0 Å². The van der Waals surface area contributed by atoms with Crippen LogP contribution < -0.4 is 0 Å². The lowest BCUT2D eigenvalue weighted by atomic mass is 9.58. The molecule has 0 bridgehead atoms. The number of ether oxygens (including phenoxy) is 2. The third kappa shape index (κ3) is 4.60. The van der Waals surface area contributed by atoms with Gasteiger partial charge in [-0.2, -0.15) is 0 Å². The highest BCUT2D eigenvalue weighted by Gasteiger charge is 2.60. The van der Waals surface area contributed by atoms with Gasteiger partial charge in [0.1, 0.15) is 35.6 Å². The third-order valence-electron chi connectivity index (χ3n) is 6.52. The minimum atomic E-state index is -1.55. The molecule has 7 atom stereocenters. The first kappa shape index (κ1) is 24.4. The van der Waals surface area contributed by atoms with E-state index in [2.05, 4.69) is 0 Å². The summed E-state index contributed by atoms with van der Waals surface area (Å²) in [4.78, 5) is 0. The van der Waals surface area contributed by atoms with Gasteiger partial charge >= 0.3 is 0 Å². The number of hydrogen-bond acceptors (Lipinski definition) is 8. The number of aliphatic hydroxyl groups is 6. The van der Waals surface area contributed by atoms with Crippen LogP contribution in [-0.4, -0.2) is 85.8 Å². The molecule has 0 amide bonds. The molecule has 2 aliphatic rings. The van der Waals surface area contributed by atoms with Crippen molar-refractivity contribution in [2.75, 3.05) is 13.2 Å². The summed E-state index contributed by atoms with van der Waals surface area (Å²) in [5.74, 6) is 0. The number of hydrogen-bond donors (Lipinski definition) is 6. The quantitative estimate of drug-likeness (QED) is 0.333. The SMILES string of the molecule is CC(C=C[C@]1(O)C(C)(C)CCC[C@]1(C)O[C@@H]1O[C@H](CO)[C@@H](O)[C@H](O)[C@H]1O)=CCO. The maximum Gasteiger partial charge on any atom is 0.187 e. The van der Waals surface area contributed by atoms with Gasteiger partial charge in [-0.05, 0) is 44.6 Å². The molecule has 8 nitrogen and oxygen atoms in total. The van der Waals surface area contributed by atoms with Gasteiger partial charge in [0.25, 0.3) is 0 Å². The van der Waals surface area contributed by atoms with Crippen molar-refractivity contribution in [1.29, 1.82) is 0 Å². The lowest BCUT2D eigenvalue weighted by molar-refractivity contribution is -0.352. The molecular weight excluding hydrogens is 380 g/mol. The Morgan fingerprint density at radius 3 is 2.31 bits per heavy atom. The fourth-order valence-electron chi connectivity index (χ4n) is 4.40. The second-order valence-electron chi connectivity index (χ2n) is 9.01. The van der Waals surface area contributed by atoms with Crippen molar-refractivity contribution in [2.45, 2.75) is 88.9 Å². The molecule has 0 aromatic rings. The standard InChI is InChI=1S/C21H36O8/c1-13(7-11-22)6-10-21(27)19(2,3)8-5-9-20(21,4)29-18-17(26)16(25)15(24)14(12-23)28-18/h6-7,10,14-18,22-27H,5,8-9,11-12H2,1-4H3/t14-,15-,16+,17-,18+,20+,21+/m1/s1. The second kappa shape index (κ2) is 9.11. The fourth-order valence-corrected chi connectivity index (χ4v) is 4.40. The molecule has 1 heterocycles. The zero-order chi connectivity index (χ0) is 22.0. The summed E-state index contributed by atoms with van der Waals surface area (Å²) < 4.78 is 11.6. The maximum absolute atomic E-state index is 11.8. The molecule has 8 heteroatoms. The summed E-state index contributed by atoms with van der Waals surface area (Å²) in [6.07, 6.45) is -0.0299. The summed E-state index contributed by atoms with van der Waals surface area (Å²) in [5.41, 5.74) is -2.44. The molecule has 0 unspecified atom stereocenters. The van der Waals surface area contributed by atoms with Crippen molar-refractivity contribution in [3.05, 3.63) is 23.8 Å². The van der Waals surface area contributed by atoms with E-state index in [-0.39, 0.29) is 6.61 Å². The summed E-state index contributed by atoms with van der Waals surface area (Å²) in [7, 11) is 0. The zero-order valence-electron chi connectivity index (χ0n) is 17.7. The highest BCUT2D eigenvalue weighted by molar-refractivity contribution is 5.26. The van der Waals surface area contributed by atoms with Crippen molar-refractivity contribution < 1.29 is 40.1 Å². The van der Waals surface area contributed by atoms with Crippen molar-refractivity contribution in [2.24, 2.45) is 5.41 Å². The van der Waals surface area contributed by atoms with Gasteiger partial charge in [0.15, 0.2) is 6.29 Å². The maximum atomic E-state index is 11.8. The van der Waals surface area contributed by atoms with Gasteiger partial charge in [0.2, 0.25) is 0 Å². The molecule has 1 saturated heterocycles. The van der Waals surface area contributed by atoms with Crippen LogP contribution in [0.2, 0.25) is 0 Å². The Labute approximate surface area is 172 Å². The largest absolute Gasteiger partial charge is 0.394 e. The van der Waals surface area contributed by atoms with Crippen LogP contribution in [0.5, 0.6) is 0 Å². The molecule has 1 saturated carbocycles. The Morgan fingerprint density at radius 2 is 1.72 bits per heavy atom. The van der Waals surface area contributed by atoms with Crippen LogP contribution in [0.3, 0.4) is 0 Å². The molecule has 168 valence electrons. The fraction of sp³-hybridized carbons (Fsp3) is 0.810. The van der Waals surface area contributed by atoms with Crippen molar-refractivity contribution >= 4 is 0 Å². The molecule has 0 aromatic heterocycles. The second-order valence-corrected chi connectivity index (χ2v) is 9.01. The Hall–Kier alpha value is -0.840. The van der Waals surface area contributed by atoms with Gasteiger partial charge in [-0.3, -0.25) is 0 Å². The van der Waals surface area contributed by atoms with Gasteiger partial charge in [-0.25, -0.2) is 0 Å². The minimum Gasteiger partial charge on any atom is -0.394 e. The summed E-state index contributed by atoms with van der Waals surface area (Å²) in [6, 6.07) is 0. The molecule has 1 aliphatic carbocycles. The number of allylic oxidation sites excluding steroid dienone is 2. The van der Waals surface area contributed by atoms with Gasteiger partial charge in [-0.1, -0.05) is 31.6 Å². The monoisotopic (exact) mass is 416 g/mol. The highest BCUT2D eigenvalue weighted by Crippen LogP contribution is 2.52. The van der Waals surface area contributed by atoms with E-state index in [9.17, 15) is 25.5 Å². The van der Waals surface area contributed by atoms with E-state index in [1.165, 1.54) is 0 Å². The molecule has 0 spiro atoms. The summed E-state index contributed by atoms with van der Waals surface area (Å²) in [5, 5.41) is 60.7. The minimum absolute atomic E-state index is 0.114. The molecular formula is C21H36O8. The average Bonchev–Trinajstić information content (AvgIpc) is 2.65. The van der Waals surface area contributed by atoms with E-state index in [4.69, 9.17) is 14.6 Å². The third-order valence-corrected chi connectivity index (χ3v) is 6.52. The lowest BCUT2D eigenvalue weighted by Gasteiger charge is -2.57. The van der Waals surface area contributed by atoms with E-state index < -0.39 is 53.9 Å². The Morgan fingerprint density at radius 1 is 1.07 bits per heavy atom. The van der Waals surface area contributed by atoms with Crippen LogP contribution in [0, 0.1) is 5.41 Å². The van der Waals surface area contributed by atoms with Gasteiger partial charge in [0, 0.05) is 0 Å². The number of aliphatic hydroxyl groups excluding tert-OH is 5. The summed E-state index contributed by atoms with van der Waals surface area (Å²) >= 11 is 0. The van der Waals surface area contributed by atoms with Crippen LogP contribution in [0.15, 0.2) is 23.8 Å². The average molecular weight is 417 g/mol. The van der Waals surface area contributed by atoms with E-state index in [1.54, 1.807) is 25.2 Å². The first-order valence-corrected chi connectivity index (χ1v) is 10.1. The molecule has 29 heavy (non-hydrogen) atoms. The predicted octanol–water partition coefficient (Wildman–Crippen LogP) is -0.00240. The van der Waals surface area contributed by atoms with E-state index >= 15 is 0 Å². The number of rotatable bonds is 6. The summed E-state index contributed by atoms with van der Waals surface area (Å²) in [6.45, 7) is 6.72. The first-order valence-electron chi connectivity index (χ1n) is 10.1. The molecule has 0 radical (unpaired) electrons. The Kier molecular flexibility index (Phi) is 7.68. The molecule has 2 rings (SSSR count). The predicted molar refractivity (Wildman–Crippen MR) is 106 cm³/mol. The van der Waals surface area contributed by atoms with Crippen LogP contribution in [0.4, 0.5) is 0 Å². The van der Waals surface area contributed by atoms with Crippen molar-refractivity contribution in [3.8, 4) is 0 Å². The highest BCUT2D eigenvalue weighted by atomic mass is 16.7. The first-order chi connectivity index (χ1) is 13.4.